The van der Waals surface area contributed by atoms with Gasteiger partial charge in [-0.05, 0) is 38.1 Å². The Morgan fingerprint density at radius 1 is 1.17 bits per heavy atom. The highest BCUT2D eigenvalue weighted by atomic mass is 16.2. The molecule has 2 aromatic rings. The van der Waals surface area contributed by atoms with E-state index >= 15 is 0 Å². The van der Waals surface area contributed by atoms with Gasteiger partial charge in [-0.25, -0.2) is 4.98 Å². The summed E-state index contributed by atoms with van der Waals surface area (Å²) in [6, 6.07) is 14.0. The Bertz CT molecular complexity index is 897. The number of amides is 1. The normalized spacial score (nSPS) is 16.7. The molecule has 1 amide bonds. The van der Waals surface area contributed by atoms with Crippen molar-refractivity contribution in [3.63, 3.8) is 0 Å². The molecule has 0 saturated carbocycles. The summed E-state index contributed by atoms with van der Waals surface area (Å²) in [5, 5.41) is 14.4. The number of benzene rings is 1. The number of hydrogen-bond donors (Lipinski definition) is 0. The second-order valence-electron chi connectivity index (χ2n) is 5.47. The van der Waals surface area contributed by atoms with Gasteiger partial charge in [-0.3, -0.25) is 9.59 Å². The van der Waals surface area contributed by atoms with E-state index in [1.54, 1.807) is 38.1 Å². The van der Waals surface area contributed by atoms with Crippen molar-refractivity contribution in [2.24, 2.45) is 11.0 Å². The van der Waals surface area contributed by atoms with Gasteiger partial charge < -0.3 is 0 Å². The molecule has 0 aliphatic carbocycles. The largest absolute Gasteiger partial charge is 0.291 e. The zero-order valence-corrected chi connectivity index (χ0v) is 13.2. The van der Waals surface area contributed by atoms with Gasteiger partial charge in [0.05, 0.1) is 22.7 Å². The number of rotatable bonds is 3. The summed E-state index contributed by atoms with van der Waals surface area (Å²) in [4.78, 5) is 29.5. The third kappa shape index (κ3) is 2.57. The molecule has 1 aromatic heterocycles. The first-order valence-electron chi connectivity index (χ1n) is 7.39. The van der Waals surface area contributed by atoms with Crippen molar-refractivity contribution in [1.82, 2.24) is 4.98 Å². The number of nitriles is 1. The van der Waals surface area contributed by atoms with E-state index in [1.165, 1.54) is 17.1 Å². The third-order valence-corrected chi connectivity index (χ3v) is 3.85. The van der Waals surface area contributed by atoms with Crippen molar-refractivity contribution < 1.29 is 9.59 Å². The number of aryl methyl sites for hydroxylation is 1. The molecule has 0 bridgehead atoms. The molecule has 6 nitrogen and oxygen atoms in total. The van der Waals surface area contributed by atoms with Crippen LogP contribution < -0.4 is 5.01 Å². The van der Waals surface area contributed by atoms with Crippen LogP contribution in [0.5, 0.6) is 0 Å². The highest BCUT2D eigenvalue weighted by Gasteiger charge is 2.40. The number of hydrogen-bond acceptors (Lipinski definition) is 5. The predicted octanol–water partition coefficient (Wildman–Crippen LogP) is 2.48. The highest BCUT2D eigenvalue weighted by molar-refractivity contribution is 6.30. The summed E-state index contributed by atoms with van der Waals surface area (Å²) < 4.78 is 0. The molecule has 1 aromatic carbocycles. The molecule has 1 unspecified atom stereocenters. The summed E-state index contributed by atoms with van der Waals surface area (Å²) in [7, 11) is 0. The number of aromatic nitrogens is 1. The Balaban J connectivity index is 1.92. The van der Waals surface area contributed by atoms with Crippen molar-refractivity contribution in [3.8, 4) is 6.07 Å². The standard InChI is InChI=1S/C18H14N4O2/c1-11-13(10-19)8-9-15(20-11)17(23)16-12(2)21-22(18(16)24)14-6-4-3-5-7-14/h3-9,16H,1-2H3. The van der Waals surface area contributed by atoms with Crippen LogP contribution in [-0.2, 0) is 4.79 Å². The zero-order valence-electron chi connectivity index (χ0n) is 13.2. The topological polar surface area (TPSA) is 86.4 Å². The number of anilines is 1. The van der Waals surface area contributed by atoms with Gasteiger partial charge in [-0.15, -0.1) is 0 Å². The summed E-state index contributed by atoms with van der Waals surface area (Å²) in [5.74, 6) is -1.79. The SMILES string of the molecule is CC1=NN(c2ccccc2)C(=O)C1C(=O)c1ccc(C#N)c(C)n1. The van der Waals surface area contributed by atoms with Crippen LogP contribution in [0.2, 0.25) is 0 Å². The third-order valence-electron chi connectivity index (χ3n) is 3.85. The van der Waals surface area contributed by atoms with Crippen molar-refractivity contribution in [2.45, 2.75) is 13.8 Å². The molecule has 0 radical (unpaired) electrons. The maximum atomic E-state index is 12.7. The zero-order chi connectivity index (χ0) is 17.3. The van der Waals surface area contributed by atoms with Crippen molar-refractivity contribution in [3.05, 3.63) is 59.4 Å². The fraction of sp³-hybridized carbons (Fsp3) is 0.167. The van der Waals surface area contributed by atoms with Gasteiger partial charge in [-0.1, -0.05) is 18.2 Å². The second kappa shape index (κ2) is 6.05. The fourth-order valence-corrected chi connectivity index (χ4v) is 2.59. The maximum Gasteiger partial charge on any atom is 0.264 e. The van der Waals surface area contributed by atoms with Gasteiger partial charge in [0.15, 0.2) is 5.78 Å². The Labute approximate surface area is 139 Å². The molecule has 3 rings (SSSR count). The van der Waals surface area contributed by atoms with E-state index in [-0.39, 0.29) is 5.69 Å². The van der Waals surface area contributed by atoms with E-state index in [0.29, 0.717) is 22.7 Å². The molecule has 118 valence electrons. The second-order valence-corrected chi connectivity index (χ2v) is 5.47. The molecular weight excluding hydrogens is 304 g/mol. The predicted molar refractivity (Wildman–Crippen MR) is 88.5 cm³/mol. The molecule has 1 atom stereocenters. The van der Waals surface area contributed by atoms with Crippen LogP contribution in [0, 0.1) is 24.2 Å². The number of Topliss-reactive ketones (excluding diaryl/α,β-unsaturated/α-hetero) is 1. The Morgan fingerprint density at radius 3 is 2.50 bits per heavy atom. The fourth-order valence-electron chi connectivity index (χ4n) is 2.59. The molecule has 0 saturated heterocycles. The monoisotopic (exact) mass is 318 g/mol. The molecule has 1 aliphatic heterocycles. The maximum absolute atomic E-state index is 12.7. The van der Waals surface area contributed by atoms with Crippen LogP contribution in [0.3, 0.4) is 0 Å². The minimum atomic E-state index is -0.981. The van der Waals surface area contributed by atoms with E-state index in [2.05, 4.69) is 10.1 Å². The summed E-state index contributed by atoms with van der Waals surface area (Å²) >= 11 is 0. The van der Waals surface area contributed by atoms with Crippen LogP contribution in [0.4, 0.5) is 5.69 Å². The number of hydrazone groups is 1. The van der Waals surface area contributed by atoms with Crippen molar-refractivity contribution in [1.29, 1.82) is 5.26 Å². The van der Waals surface area contributed by atoms with Crippen LogP contribution in [0.1, 0.15) is 28.7 Å². The highest BCUT2D eigenvalue weighted by Crippen LogP contribution is 2.25. The first kappa shape index (κ1) is 15.6. The molecule has 2 heterocycles. The molecule has 1 aliphatic rings. The van der Waals surface area contributed by atoms with Gasteiger partial charge in [0, 0.05) is 0 Å². The Hall–Kier alpha value is -3.33. The lowest BCUT2D eigenvalue weighted by atomic mass is 9.96. The van der Waals surface area contributed by atoms with Gasteiger partial charge in [0.2, 0.25) is 0 Å². The van der Waals surface area contributed by atoms with E-state index in [1.807, 2.05) is 12.1 Å². The van der Waals surface area contributed by atoms with Crippen LogP contribution >= 0.6 is 0 Å². The molecule has 0 spiro atoms. The van der Waals surface area contributed by atoms with E-state index in [0.717, 1.165) is 0 Å². The number of ketones is 1. The van der Waals surface area contributed by atoms with E-state index in [4.69, 9.17) is 5.26 Å². The number of nitrogens with zero attached hydrogens (tertiary/aromatic N) is 4. The Kier molecular flexibility index (Phi) is 3.92. The lowest BCUT2D eigenvalue weighted by Crippen LogP contribution is -2.33. The number of pyridine rings is 1. The summed E-state index contributed by atoms with van der Waals surface area (Å²) in [6.45, 7) is 3.31. The molecule has 0 fully saturated rings. The number of para-hydroxylation sites is 1. The summed E-state index contributed by atoms with van der Waals surface area (Å²) in [5.41, 5.74) is 2.07. The quantitative estimate of drug-likeness (QED) is 0.642. The van der Waals surface area contributed by atoms with E-state index in [9.17, 15) is 9.59 Å². The van der Waals surface area contributed by atoms with Crippen LogP contribution in [-0.4, -0.2) is 22.4 Å². The van der Waals surface area contributed by atoms with Gasteiger partial charge in [0.1, 0.15) is 17.7 Å². The van der Waals surface area contributed by atoms with Gasteiger partial charge >= 0.3 is 0 Å². The minimum absolute atomic E-state index is 0.161. The molecule has 0 N–H and O–H groups in total. The van der Waals surface area contributed by atoms with Crippen LogP contribution in [0.25, 0.3) is 0 Å². The van der Waals surface area contributed by atoms with Gasteiger partial charge in [-0.2, -0.15) is 15.4 Å². The molecule has 6 heteroatoms. The summed E-state index contributed by atoms with van der Waals surface area (Å²) in [6.07, 6.45) is 0. The Morgan fingerprint density at radius 2 is 1.88 bits per heavy atom. The number of carbonyl (C=O) groups excluding carboxylic acids is 2. The first-order valence-corrected chi connectivity index (χ1v) is 7.39. The molecule has 24 heavy (non-hydrogen) atoms. The smallest absolute Gasteiger partial charge is 0.264 e. The number of carbonyl (C=O) groups is 2. The van der Waals surface area contributed by atoms with Gasteiger partial charge in [0.25, 0.3) is 5.91 Å². The lowest BCUT2D eigenvalue weighted by Gasteiger charge is -2.13. The van der Waals surface area contributed by atoms with E-state index < -0.39 is 17.6 Å². The van der Waals surface area contributed by atoms with Crippen LogP contribution in [0.15, 0.2) is 47.6 Å². The lowest BCUT2D eigenvalue weighted by molar-refractivity contribution is -0.118. The average Bonchev–Trinajstić information content (AvgIpc) is 2.89. The minimum Gasteiger partial charge on any atom is -0.291 e. The van der Waals surface area contributed by atoms with Crippen molar-refractivity contribution >= 4 is 23.1 Å². The molecular formula is C18H14N4O2. The average molecular weight is 318 g/mol. The first-order chi connectivity index (χ1) is 11.5. The van der Waals surface area contributed by atoms with Crippen molar-refractivity contribution in [2.75, 3.05) is 5.01 Å².